The largest absolute Gasteiger partial charge is 0.396 e. The zero-order chi connectivity index (χ0) is 12.1. The van der Waals surface area contributed by atoms with Gasteiger partial charge in [-0.3, -0.25) is 0 Å². The van der Waals surface area contributed by atoms with Crippen molar-refractivity contribution in [3.8, 4) is 0 Å². The van der Waals surface area contributed by atoms with E-state index in [1.165, 1.54) is 5.56 Å². The lowest BCUT2D eigenvalue weighted by atomic mass is 9.94. The average molecular weight is 267 g/mol. The summed E-state index contributed by atoms with van der Waals surface area (Å²) in [5, 5.41) is 14.4. The Hall–Kier alpha value is -0.830. The van der Waals surface area contributed by atoms with E-state index in [0.29, 0.717) is 0 Å². The van der Waals surface area contributed by atoms with E-state index in [1.807, 2.05) is 24.3 Å². The molecule has 1 unspecified atom stereocenters. The van der Waals surface area contributed by atoms with Crippen LogP contribution in [0.5, 0.6) is 0 Å². The molecule has 0 aliphatic carbocycles. The van der Waals surface area contributed by atoms with Gasteiger partial charge in [-0.05, 0) is 52.9 Å². The van der Waals surface area contributed by atoms with Crippen LogP contribution in [-0.2, 0) is 6.42 Å². The van der Waals surface area contributed by atoms with Crippen LogP contribution in [0.3, 0.4) is 0 Å². The summed E-state index contributed by atoms with van der Waals surface area (Å²) in [4.78, 5) is 0. The second-order valence-corrected chi connectivity index (χ2v) is 5.32. The molecule has 0 amide bonds. The van der Waals surface area contributed by atoms with Crippen LogP contribution >= 0.6 is 22.9 Å². The zero-order valence-corrected chi connectivity index (χ0v) is 11.0. The monoisotopic (exact) mass is 266 g/mol. The van der Waals surface area contributed by atoms with E-state index in [1.54, 1.807) is 11.3 Å². The molecule has 0 bridgehead atoms. The van der Waals surface area contributed by atoms with Crippen molar-refractivity contribution in [3.05, 3.63) is 57.2 Å². The first-order valence-corrected chi connectivity index (χ1v) is 6.99. The summed E-state index contributed by atoms with van der Waals surface area (Å²) in [5.41, 5.74) is 2.51. The van der Waals surface area contributed by atoms with Gasteiger partial charge in [-0.1, -0.05) is 23.7 Å². The van der Waals surface area contributed by atoms with Gasteiger partial charge in [0.05, 0.1) is 0 Å². The Bertz CT molecular complexity index is 436. The summed E-state index contributed by atoms with van der Waals surface area (Å²) in [6, 6.07) is 9.89. The van der Waals surface area contributed by atoms with Crippen LogP contribution in [0, 0.1) is 0 Å². The molecule has 1 heterocycles. The third kappa shape index (κ3) is 3.56. The molecule has 1 aromatic heterocycles. The van der Waals surface area contributed by atoms with Crippen LogP contribution < -0.4 is 0 Å². The number of aryl methyl sites for hydroxylation is 1. The van der Waals surface area contributed by atoms with Crippen LogP contribution in [0.15, 0.2) is 41.1 Å². The molecule has 2 rings (SSSR count). The molecule has 1 atom stereocenters. The molecule has 17 heavy (non-hydrogen) atoms. The molecule has 0 spiro atoms. The van der Waals surface area contributed by atoms with Crippen molar-refractivity contribution in [3.63, 3.8) is 0 Å². The van der Waals surface area contributed by atoms with E-state index < -0.39 is 0 Å². The number of hydrogen-bond donors (Lipinski definition) is 1. The smallest absolute Gasteiger partial charge is 0.0499 e. The molecule has 90 valence electrons. The SMILES string of the molecule is OCC(CCc1ccsc1)c1ccc(Cl)cc1. The molecule has 0 fully saturated rings. The highest BCUT2D eigenvalue weighted by atomic mass is 35.5. The molecule has 3 heteroatoms. The van der Waals surface area contributed by atoms with E-state index in [2.05, 4.69) is 16.8 Å². The second kappa shape index (κ2) is 6.20. The van der Waals surface area contributed by atoms with Crippen molar-refractivity contribution >= 4 is 22.9 Å². The molecule has 0 aliphatic rings. The maximum Gasteiger partial charge on any atom is 0.0499 e. The summed E-state index contributed by atoms with van der Waals surface area (Å²) in [7, 11) is 0. The summed E-state index contributed by atoms with van der Waals surface area (Å²) in [6.07, 6.45) is 1.98. The Labute approximate surface area is 111 Å². The van der Waals surface area contributed by atoms with Crippen LogP contribution in [0.1, 0.15) is 23.5 Å². The number of hydrogen-bond acceptors (Lipinski definition) is 2. The molecule has 2 aromatic rings. The van der Waals surface area contributed by atoms with Crippen LogP contribution in [0.4, 0.5) is 0 Å². The highest BCUT2D eigenvalue weighted by Gasteiger charge is 2.10. The number of halogens is 1. The molecular weight excluding hydrogens is 252 g/mol. The number of thiophene rings is 1. The summed E-state index contributed by atoms with van der Waals surface area (Å²) in [6.45, 7) is 0.186. The van der Waals surface area contributed by atoms with Gasteiger partial charge in [0.2, 0.25) is 0 Å². The Morgan fingerprint density at radius 3 is 2.53 bits per heavy atom. The third-order valence-electron chi connectivity index (χ3n) is 2.92. The van der Waals surface area contributed by atoms with Crippen molar-refractivity contribution < 1.29 is 5.11 Å². The maximum absolute atomic E-state index is 9.45. The summed E-state index contributed by atoms with van der Waals surface area (Å²) < 4.78 is 0. The normalized spacial score (nSPS) is 12.6. The first-order chi connectivity index (χ1) is 8.29. The molecule has 1 N–H and O–H groups in total. The van der Waals surface area contributed by atoms with Gasteiger partial charge in [0.1, 0.15) is 0 Å². The van der Waals surface area contributed by atoms with Crippen molar-refractivity contribution in [1.29, 1.82) is 0 Å². The minimum Gasteiger partial charge on any atom is -0.396 e. The highest BCUT2D eigenvalue weighted by Crippen LogP contribution is 2.23. The van der Waals surface area contributed by atoms with Gasteiger partial charge >= 0.3 is 0 Å². The number of aliphatic hydroxyl groups is 1. The van der Waals surface area contributed by atoms with Gasteiger partial charge in [-0.25, -0.2) is 0 Å². The van der Waals surface area contributed by atoms with Crippen molar-refractivity contribution in [2.45, 2.75) is 18.8 Å². The molecule has 0 saturated heterocycles. The lowest BCUT2D eigenvalue weighted by Crippen LogP contribution is -2.05. The van der Waals surface area contributed by atoms with Crippen LogP contribution in [0.2, 0.25) is 5.02 Å². The summed E-state index contributed by atoms with van der Waals surface area (Å²) in [5.74, 6) is 0.201. The van der Waals surface area contributed by atoms with Gasteiger partial charge in [-0.15, -0.1) is 0 Å². The second-order valence-electron chi connectivity index (χ2n) is 4.10. The first kappa shape index (κ1) is 12.6. The van der Waals surface area contributed by atoms with Crippen molar-refractivity contribution in [1.82, 2.24) is 0 Å². The lowest BCUT2D eigenvalue weighted by Gasteiger charge is -2.14. The Kier molecular flexibility index (Phi) is 4.60. The fraction of sp³-hybridized carbons (Fsp3) is 0.286. The predicted octanol–water partition coefficient (Wildman–Crippen LogP) is 4.11. The fourth-order valence-electron chi connectivity index (χ4n) is 1.87. The maximum atomic E-state index is 9.45. The van der Waals surface area contributed by atoms with Gasteiger partial charge in [-0.2, -0.15) is 11.3 Å². The van der Waals surface area contributed by atoms with Crippen molar-refractivity contribution in [2.24, 2.45) is 0 Å². The molecule has 1 aromatic carbocycles. The average Bonchev–Trinajstić information content (AvgIpc) is 2.85. The van der Waals surface area contributed by atoms with Gasteiger partial charge in [0.25, 0.3) is 0 Å². The predicted molar refractivity (Wildman–Crippen MR) is 73.9 cm³/mol. The number of rotatable bonds is 5. The lowest BCUT2D eigenvalue weighted by molar-refractivity contribution is 0.259. The van der Waals surface area contributed by atoms with Crippen LogP contribution in [-0.4, -0.2) is 11.7 Å². The van der Waals surface area contributed by atoms with E-state index in [4.69, 9.17) is 11.6 Å². The van der Waals surface area contributed by atoms with E-state index in [0.717, 1.165) is 23.4 Å². The quantitative estimate of drug-likeness (QED) is 0.864. The minimum absolute atomic E-state index is 0.186. The van der Waals surface area contributed by atoms with E-state index in [-0.39, 0.29) is 12.5 Å². The Balaban J connectivity index is 1.99. The van der Waals surface area contributed by atoms with E-state index in [9.17, 15) is 5.11 Å². The van der Waals surface area contributed by atoms with Crippen LogP contribution in [0.25, 0.3) is 0 Å². The Morgan fingerprint density at radius 2 is 1.94 bits per heavy atom. The molecule has 0 radical (unpaired) electrons. The standard InChI is InChI=1S/C14H15ClOS/c15-14-5-3-12(4-6-14)13(9-16)2-1-11-7-8-17-10-11/h3-8,10,13,16H,1-2,9H2. The topological polar surface area (TPSA) is 20.2 Å². The minimum atomic E-state index is 0.186. The summed E-state index contributed by atoms with van der Waals surface area (Å²) >= 11 is 7.57. The van der Waals surface area contributed by atoms with Gasteiger partial charge in [0.15, 0.2) is 0 Å². The zero-order valence-electron chi connectivity index (χ0n) is 9.47. The molecule has 0 saturated carbocycles. The first-order valence-electron chi connectivity index (χ1n) is 5.67. The van der Waals surface area contributed by atoms with Gasteiger partial charge in [0, 0.05) is 17.5 Å². The van der Waals surface area contributed by atoms with E-state index >= 15 is 0 Å². The fourth-order valence-corrected chi connectivity index (χ4v) is 2.70. The third-order valence-corrected chi connectivity index (χ3v) is 3.91. The Morgan fingerprint density at radius 1 is 1.18 bits per heavy atom. The molecule has 1 nitrogen and oxygen atoms in total. The molecule has 0 aliphatic heterocycles. The molecular formula is C14H15ClOS. The van der Waals surface area contributed by atoms with Gasteiger partial charge < -0.3 is 5.11 Å². The number of aliphatic hydroxyl groups excluding tert-OH is 1. The van der Waals surface area contributed by atoms with Crippen molar-refractivity contribution in [2.75, 3.05) is 6.61 Å². The highest BCUT2D eigenvalue weighted by molar-refractivity contribution is 7.07. The number of benzene rings is 1.